The van der Waals surface area contributed by atoms with Gasteiger partial charge in [-0.05, 0) is 54.5 Å². The van der Waals surface area contributed by atoms with Gasteiger partial charge in [0, 0.05) is 11.3 Å². The van der Waals surface area contributed by atoms with Crippen molar-refractivity contribution in [2.75, 3.05) is 5.32 Å². The predicted octanol–water partition coefficient (Wildman–Crippen LogP) is 4.92. The minimum absolute atomic E-state index is 0.197. The monoisotopic (exact) mass is 281 g/mol. The summed E-state index contributed by atoms with van der Waals surface area (Å²) < 4.78 is 0. The summed E-state index contributed by atoms with van der Waals surface area (Å²) in [5.41, 5.74) is 6.20. The average molecular weight is 281 g/mol. The van der Waals surface area contributed by atoms with Crippen LogP contribution < -0.4 is 5.32 Å². The molecule has 0 aromatic heterocycles. The van der Waals surface area contributed by atoms with E-state index in [9.17, 15) is 5.11 Å². The number of phenolic OH excluding ortho intramolecular Hbond substituents is 1. The number of benzene rings is 2. The number of hydrogen-bond acceptors (Lipinski definition) is 2. The van der Waals surface area contributed by atoms with Crippen LogP contribution in [-0.4, -0.2) is 5.11 Å². The fourth-order valence-corrected chi connectivity index (χ4v) is 3.63. The molecule has 2 unspecified atom stereocenters. The molecule has 0 saturated heterocycles. The third kappa shape index (κ3) is 2.39. The van der Waals surface area contributed by atoms with Crippen LogP contribution in [0, 0.1) is 6.92 Å². The Balaban J connectivity index is 1.99. The van der Waals surface area contributed by atoms with Crippen LogP contribution >= 0.6 is 0 Å². The molecule has 2 heteroatoms. The SMILES string of the molecule is CCc1ccccc1NC1CC(C)c2c(C)ccc(O)c21. The lowest BCUT2D eigenvalue weighted by molar-refractivity contribution is 0.465. The van der Waals surface area contributed by atoms with Crippen molar-refractivity contribution in [3.63, 3.8) is 0 Å². The van der Waals surface area contributed by atoms with Gasteiger partial charge < -0.3 is 10.4 Å². The maximum absolute atomic E-state index is 10.3. The van der Waals surface area contributed by atoms with E-state index < -0.39 is 0 Å². The Bertz CT molecular complexity index is 663. The summed E-state index contributed by atoms with van der Waals surface area (Å²) >= 11 is 0. The first kappa shape index (κ1) is 14.0. The van der Waals surface area contributed by atoms with Gasteiger partial charge in [0.25, 0.3) is 0 Å². The van der Waals surface area contributed by atoms with Gasteiger partial charge in [0.05, 0.1) is 6.04 Å². The average Bonchev–Trinajstić information content (AvgIpc) is 2.81. The number of phenols is 1. The molecule has 2 N–H and O–H groups in total. The lowest BCUT2D eigenvalue weighted by Crippen LogP contribution is -2.09. The van der Waals surface area contributed by atoms with Gasteiger partial charge in [0.1, 0.15) is 5.75 Å². The number of fused-ring (bicyclic) bond motifs is 1. The van der Waals surface area contributed by atoms with E-state index in [2.05, 4.69) is 50.4 Å². The van der Waals surface area contributed by atoms with Gasteiger partial charge in [-0.3, -0.25) is 0 Å². The van der Waals surface area contributed by atoms with Gasteiger partial charge in [-0.15, -0.1) is 0 Å². The predicted molar refractivity (Wildman–Crippen MR) is 88.1 cm³/mol. The molecule has 2 atom stereocenters. The summed E-state index contributed by atoms with van der Waals surface area (Å²) in [4.78, 5) is 0. The van der Waals surface area contributed by atoms with E-state index in [1.807, 2.05) is 12.1 Å². The third-order valence-electron chi connectivity index (χ3n) is 4.64. The Labute approximate surface area is 126 Å². The molecule has 0 radical (unpaired) electrons. The minimum atomic E-state index is 0.197. The Morgan fingerprint density at radius 3 is 2.67 bits per heavy atom. The zero-order valence-electron chi connectivity index (χ0n) is 13.0. The lowest BCUT2D eigenvalue weighted by atomic mass is 9.97. The molecule has 0 fully saturated rings. The number of hydrogen-bond donors (Lipinski definition) is 2. The second-order valence-corrected chi connectivity index (χ2v) is 6.07. The number of aryl methyl sites for hydroxylation is 2. The van der Waals surface area contributed by atoms with Crippen LogP contribution in [0.4, 0.5) is 5.69 Å². The van der Waals surface area contributed by atoms with Crippen LogP contribution in [0.1, 0.15) is 54.5 Å². The number of aromatic hydroxyl groups is 1. The van der Waals surface area contributed by atoms with Gasteiger partial charge in [0.15, 0.2) is 0 Å². The second-order valence-electron chi connectivity index (χ2n) is 6.07. The summed E-state index contributed by atoms with van der Waals surface area (Å²) in [5, 5.41) is 14.0. The highest BCUT2D eigenvalue weighted by molar-refractivity contribution is 5.58. The molecular formula is C19H23NO. The summed E-state index contributed by atoms with van der Waals surface area (Å²) in [6, 6.07) is 12.5. The van der Waals surface area contributed by atoms with Crippen molar-refractivity contribution in [3.05, 3.63) is 58.7 Å². The molecule has 0 aliphatic heterocycles. The zero-order valence-corrected chi connectivity index (χ0v) is 13.0. The maximum Gasteiger partial charge on any atom is 0.121 e. The van der Waals surface area contributed by atoms with Crippen LogP contribution in [0.15, 0.2) is 36.4 Å². The summed E-state index contributed by atoms with van der Waals surface area (Å²) in [6.45, 7) is 6.56. The molecule has 1 aliphatic carbocycles. The molecule has 1 aliphatic rings. The minimum Gasteiger partial charge on any atom is -0.508 e. The van der Waals surface area contributed by atoms with Crippen molar-refractivity contribution in [2.45, 2.75) is 45.6 Å². The highest BCUT2D eigenvalue weighted by Crippen LogP contribution is 2.47. The quantitative estimate of drug-likeness (QED) is 0.836. The smallest absolute Gasteiger partial charge is 0.121 e. The molecule has 0 amide bonds. The standard InChI is InChI=1S/C19H23NO/c1-4-14-7-5-6-8-15(14)20-16-11-13(3)18-12(2)9-10-17(21)19(16)18/h5-10,13,16,20-21H,4,11H2,1-3H3. The topological polar surface area (TPSA) is 32.3 Å². The molecule has 0 heterocycles. The van der Waals surface area contributed by atoms with Crippen LogP contribution in [0.2, 0.25) is 0 Å². The number of para-hydroxylation sites is 1. The van der Waals surface area contributed by atoms with E-state index in [0.717, 1.165) is 18.4 Å². The molecule has 110 valence electrons. The van der Waals surface area contributed by atoms with Gasteiger partial charge in [0.2, 0.25) is 0 Å². The highest BCUT2D eigenvalue weighted by Gasteiger charge is 2.32. The molecule has 3 rings (SSSR count). The number of rotatable bonds is 3. The Kier molecular flexibility index (Phi) is 3.62. The van der Waals surface area contributed by atoms with Crippen molar-refractivity contribution in [2.24, 2.45) is 0 Å². The van der Waals surface area contributed by atoms with Crippen LogP contribution in [0.25, 0.3) is 0 Å². The Hall–Kier alpha value is -1.96. The number of nitrogens with one attached hydrogen (secondary N) is 1. The largest absolute Gasteiger partial charge is 0.508 e. The summed E-state index contributed by atoms with van der Waals surface area (Å²) in [6.07, 6.45) is 2.05. The summed E-state index contributed by atoms with van der Waals surface area (Å²) in [7, 11) is 0. The van der Waals surface area contributed by atoms with E-state index in [0.29, 0.717) is 11.7 Å². The van der Waals surface area contributed by atoms with Crippen molar-refractivity contribution in [1.29, 1.82) is 0 Å². The van der Waals surface area contributed by atoms with E-state index >= 15 is 0 Å². The fourth-order valence-electron chi connectivity index (χ4n) is 3.63. The van der Waals surface area contributed by atoms with E-state index in [1.54, 1.807) is 0 Å². The molecular weight excluding hydrogens is 258 g/mol. The Morgan fingerprint density at radius 1 is 1.14 bits per heavy atom. The van der Waals surface area contributed by atoms with Gasteiger partial charge >= 0.3 is 0 Å². The van der Waals surface area contributed by atoms with E-state index in [4.69, 9.17) is 0 Å². The van der Waals surface area contributed by atoms with Crippen molar-refractivity contribution >= 4 is 5.69 Å². The van der Waals surface area contributed by atoms with Crippen LogP contribution in [-0.2, 0) is 6.42 Å². The molecule has 2 aromatic rings. The highest BCUT2D eigenvalue weighted by atomic mass is 16.3. The van der Waals surface area contributed by atoms with E-state index in [1.165, 1.54) is 22.4 Å². The first-order chi connectivity index (χ1) is 10.1. The molecule has 0 spiro atoms. The van der Waals surface area contributed by atoms with Crippen molar-refractivity contribution in [3.8, 4) is 5.75 Å². The molecule has 0 bridgehead atoms. The summed E-state index contributed by atoms with van der Waals surface area (Å²) in [5.74, 6) is 0.907. The zero-order chi connectivity index (χ0) is 15.0. The normalized spacial score (nSPS) is 20.3. The van der Waals surface area contributed by atoms with Gasteiger partial charge in [-0.25, -0.2) is 0 Å². The third-order valence-corrected chi connectivity index (χ3v) is 4.64. The van der Waals surface area contributed by atoms with Gasteiger partial charge in [-0.2, -0.15) is 0 Å². The molecule has 2 aromatic carbocycles. The number of anilines is 1. The fraction of sp³-hybridized carbons (Fsp3) is 0.368. The first-order valence-electron chi connectivity index (χ1n) is 7.78. The Morgan fingerprint density at radius 2 is 1.90 bits per heavy atom. The van der Waals surface area contributed by atoms with Gasteiger partial charge in [-0.1, -0.05) is 38.1 Å². The first-order valence-corrected chi connectivity index (χ1v) is 7.78. The second kappa shape index (κ2) is 5.44. The van der Waals surface area contributed by atoms with Crippen LogP contribution in [0.5, 0.6) is 5.75 Å². The maximum atomic E-state index is 10.3. The molecule has 21 heavy (non-hydrogen) atoms. The van der Waals surface area contributed by atoms with Crippen molar-refractivity contribution < 1.29 is 5.11 Å². The molecule has 2 nitrogen and oxygen atoms in total. The molecule has 0 saturated carbocycles. The van der Waals surface area contributed by atoms with Crippen molar-refractivity contribution in [1.82, 2.24) is 0 Å². The van der Waals surface area contributed by atoms with E-state index in [-0.39, 0.29) is 6.04 Å². The lowest BCUT2D eigenvalue weighted by Gasteiger charge is -2.19. The van der Waals surface area contributed by atoms with Crippen LogP contribution in [0.3, 0.4) is 0 Å².